The first-order chi connectivity index (χ1) is 9.19. The Morgan fingerprint density at radius 2 is 1.95 bits per heavy atom. The van der Waals surface area contributed by atoms with E-state index in [2.05, 4.69) is 10.4 Å². The lowest BCUT2D eigenvalue weighted by atomic mass is 10.1. The van der Waals surface area contributed by atoms with Gasteiger partial charge in [-0.15, -0.1) is 0 Å². The Bertz CT molecular complexity index is 564. The van der Waals surface area contributed by atoms with Gasteiger partial charge in [0, 0.05) is 30.9 Å². The van der Waals surface area contributed by atoms with Gasteiger partial charge in [0.05, 0.1) is 19.9 Å². The van der Waals surface area contributed by atoms with E-state index in [1.54, 1.807) is 14.2 Å². The van der Waals surface area contributed by atoms with Crippen LogP contribution in [0.15, 0.2) is 24.4 Å². The number of methoxy groups -OCH3 is 2. The highest BCUT2D eigenvalue weighted by Gasteiger charge is 2.12. The zero-order valence-corrected chi connectivity index (χ0v) is 11.7. The van der Waals surface area contributed by atoms with E-state index < -0.39 is 0 Å². The maximum Gasteiger partial charge on any atom is 0.161 e. The quantitative estimate of drug-likeness (QED) is 0.892. The third-order valence-corrected chi connectivity index (χ3v) is 2.93. The molecule has 0 radical (unpaired) electrons. The summed E-state index contributed by atoms with van der Waals surface area (Å²) in [5, 5.41) is 7.66. The minimum Gasteiger partial charge on any atom is -0.493 e. The fraction of sp³-hybridized carbons (Fsp3) is 0.357. The molecule has 0 unspecified atom stereocenters. The maximum absolute atomic E-state index is 5.33. The molecule has 1 N–H and O–H groups in total. The van der Waals surface area contributed by atoms with Gasteiger partial charge in [0.15, 0.2) is 11.5 Å². The molecule has 1 aromatic heterocycles. The van der Waals surface area contributed by atoms with Crippen molar-refractivity contribution >= 4 is 0 Å². The van der Waals surface area contributed by atoms with Crippen molar-refractivity contribution in [2.45, 2.75) is 6.54 Å². The highest BCUT2D eigenvalue weighted by Crippen LogP contribution is 2.32. The van der Waals surface area contributed by atoms with E-state index in [1.807, 2.05) is 43.2 Å². The van der Waals surface area contributed by atoms with Crippen LogP contribution in [0.3, 0.4) is 0 Å². The molecule has 0 atom stereocenters. The number of rotatable bonds is 5. The molecule has 0 saturated heterocycles. The standard InChI is InChI=1S/C14H19N3O2/c1-15-8-11-9-17(2)16-14(11)10-5-6-12(18-3)13(7-10)19-4/h5-7,9,15H,8H2,1-4H3. The average molecular weight is 261 g/mol. The van der Waals surface area contributed by atoms with Crippen molar-refractivity contribution in [3.63, 3.8) is 0 Å². The van der Waals surface area contributed by atoms with Crippen molar-refractivity contribution in [3.8, 4) is 22.8 Å². The summed E-state index contributed by atoms with van der Waals surface area (Å²) in [6, 6.07) is 5.83. The zero-order valence-electron chi connectivity index (χ0n) is 11.7. The van der Waals surface area contributed by atoms with Gasteiger partial charge in [-0.3, -0.25) is 4.68 Å². The lowest BCUT2D eigenvalue weighted by Crippen LogP contribution is -2.05. The van der Waals surface area contributed by atoms with Crippen LogP contribution in [0.4, 0.5) is 0 Å². The number of aromatic nitrogens is 2. The topological polar surface area (TPSA) is 48.3 Å². The van der Waals surface area contributed by atoms with E-state index >= 15 is 0 Å². The van der Waals surface area contributed by atoms with E-state index in [0.717, 1.165) is 29.1 Å². The number of hydrogen-bond donors (Lipinski definition) is 1. The zero-order chi connectivity index (χ0) is 13.8. The van der Waals surface area contributed by atoms with Crippen LogP contribution in [0.2, 0.25) is 0 Å². The summed E-state index contributed by atoms with van der Waals surface area (Å²) in [7, 11) is 7.11. The molecule has 5 nitrogen and oxygen atoms in total. The van der Waals surface area contributed by atoms with Crippen molar-refractivity contribution in [2.75, 3.05) is 21.3 Å². The number of nitrogens with one attached hydrogen (secondary N) is 1. The van der Waals surface area contributed by atoms with Crippen LogP contribution in [0.5, 0.6) is 11.5 Å². The fourth-order valence-electron chi connectivity index (χ4n) is 2.08. The molecule has 19 heavy (non-hydrogen) atoms. The number of ether oxygens (including phenoxy) is 2. The molecular formula is C14H19N3O2. The van der Waals surface area contributed by atoms with Gasteiger partial charge in [-0.2, -0.15) is 5.10 Å². The molecule has 0 fully saturated rings. The third kappa shape index (κ3) is 2.71. The first kappa shape index (κ1) is 13.4. The fourth-order valence-corrected chi connectivity index (χ4v) is 2.08. The summed E-state index contributed by atoms with van der Waals surface area (Å²) in [4.78, 5) is 0. The molecule has 1 aromatic carbocycles. The van der Waals surface area contributed by atoms with Gasteiger partial charge in [0.2, 0.25) is 0 Å². The smallest absolute Gasteiger partial charge is 0.161 e. The van der Waals surface area contributed by atoms with Gasteiger partial charge in [0.1, 0.15) is 0 Å². The molecule has 0 bridgehead atoms. The van der Waals surface area contributed by atoms with Gasteiger partial charge in [-0.25, -0.2) is 0 Å². The monoisotopic (exact) mass is 261 g/mol. The highest BCUT2D eigenvalue weighted by atomic mass is 16.5. The molecule has 2 rings (SSSR count). The highest BCUT2D eigenvalue weighted by molar-refractivity contribution is 5.66. The molecule has 1 heterocycles. The van der Waals surface area contributed by atoms with E-state index in [4.69, 9.17) is 9.47 Å². The Labute approximate surface area is 113 Å². The van der Waals surface area contributed by atoms with Crippen molar-refractivity contribution < 1.29 is 9.47 Å². The average Bonchev–Trinajstić information content (AvgIpc) is 2.79. The predicted molar refractivity (Wildman–Crippen MR) is 74.5 cm³/mol. The summed E-state index contributed by atoms with van der Waals surface area (Å²) >= 11 is 0. The summed E-state index contributed by atoms with van der Waals surface area (Å²) < 4.78 is 12.4. The normalized spacial score (nSPS) is 10.5. The minimum atomic E-state index is 0.709. The van der Waals surface area contributed by atoms with E-state index in [9.17, 15) is 0 Å². The van der Waals surface area contributed by atoms with Gasteiger partial charge in [-0.1, -0.05) is 0 Å². The summed E-state index contributed by atoms with van der Waals surface area (Å²) in [5.74, 6) is 1.43. The molecule has 0 saturated carbocycles. The van der Waals surface area contributed by atoms with Crippen molar-refractivity contribution in [3.05, 3.63) is 30.0 Å². The SMILES string of the molecule is CNCc1cn(C)nc1-c1ccc(OC)c(OC)c1. The second-order valence-corrected chi connectivity index (χ2v) is 4.28. The Kier molecular flexibility index (Phi) is 4.06. The Morgan fingerprint density at radius 1 is 1.21 bits per heavy atom. The van der Waals surface area contributed by atoms with Crippen molar-refractivity contribution in [1.29, 1.82) is 0 Å². The third-order valence-electron chi connectivity index (χ3n) is 2.93. The van der Waals surface area contributed by atoms with Gasteiger partial charge in [0.25, 0.3) is 0 Å². The summed E-state index contributed by atoms with van der Waals surface area (Å²) in [6.45, 7) is 0.775. The van der Waals surface area contributed by atoms with Crippen LogP contribution in [0.1, 0.15) is 5.56 Å². The van der Waals surface area contributed by atoms with Gasteiger partial charge in [-0.05, 0) is 25.2 Å². The van der Waals surface area contributed by atoms with E-state index in [1.165, 1.54) is 0 Å². The van der Waals surface area contributed by atoms with Crippen LogP contribution in [0, 0.1) is 0 Å². The van der Waals surface area contributed by atoms with E-state index in [-0.39, 0.29) is 0 Å². The minimum absolute atomic E-state index is 0.709. The Balaban J connectivity index is 2.46. The molecule has 5 heteroatoms. The summed E-state index contributed by atoms with van der Waals surface area (Å²) in [5.41, 5.74) is 3.12. The van der Waals surface area contributed by atoms with Crippen molar-refractivity contribution in [1.82, 2.24) is 15.1 Å². The second kappa shape index (κ2) is 5.75. The van der Waals surface area contributed by atoms with Crippen LogP contribution in [-0.2, 0) is 13.6 Å². The molecule has 0 aliphatic carbocycles. The lowest BCUT2D eigenvalue weighted by molar-refractivity contribution is 0.355. The van der Waals surface area contributed by atoms with Crippen LogP contribution < -0.4 is 14.8 Å². The molecule has 0 amide bonds. The first-order valence-electron chi connectivity index (χ1n) is 6.09. The van der Waals surface area contributed by atoms with Crippen LogP contribution in [0.25, 0.3) is 11.3 Å². The largest absolute Gasteiger partial charge is 0.493 e. The molecule has 0 aliphatic heterocycles. The first-order valence-corrected chi connectivity index (χ1v) is 6.09. The summed E-state index contributed by atoms with van der Waals surface area (Å²) in [6.07, 6.45) is 2.02. The Morgan fingerprint density at radius 3 is 2.58 bits per heavy atom. The maximum atomic E-state index is 5.33. The van der Waals surface area contributed by atoms with Gasteiger partial charge >= 0.3 is 0 Å². The van der Waals surface area contributed by atoms with Gasteiger partial charge < -0.3 is 14.8 Å². The predicted octanol–water partition coefficient (Wildman–Crippen LogP) is 1.82. The van der Waals surface area contributed by atoms with E-state index in [0.29, 0.717) is 5.75 Å². The molecule has 2 aromatic rings. The number of hydrogen-bond acceptors (Lipinski definition) is 4. The second-order valence-electron chi connectivity index (χ2n) is 4.28. The lowest BCUT2D eigenvalue weighted by Gasteiger charge is -2.09. The number of benzene rings is 1. The molecular weight excluding hydrogens is 242 g/mol. The molecule has 0 spiro atoms. The van der Waals surface area contributed by atoms with Crippen LogP contribution >= 0.6 is 0 Å². The van der Waals surface area contributed by atoms with Crippen LogP contribution in [-0.4, -0.2) is 31.0 Å². The molecule has 102 valence electrons. The number of nitrogens with zero attached hydrogens (tertiary/aromatic N) is 2. The molecule has 0 aliphatic rings. The Hall–Kier alpha value is -2.01. The van der Waals surface area contributed by atoms with Crippen molar-refractivity contribution in [2.24, 2.45) is 7.05 Å². The number of aryl methyl sites for hydroxylation is 1.